The Labute approximate surface area is 130 Å². The van der Waals surface area contributed by atoms with Gasteiger partial charge in [-0.3, -0.25) is 4.79 Å². The van der Waals surface area contributed by atoms with Crippen molar-refractivity contribution in [2.24, 2.45) is 5.92 Å². The zero-order valence-corrected chi connectivity index (χ0v) is 13.7. The second-order valence-corrected chi connectivity index (χ2v) is 6.56. The van der Waals surface area contributed by atoms with Crippen molar-refractivity contribution in [2.45, 2.75) is 33.1 Å². The molecule has 1 amide bonds. The lowest BCUT2D eigenvalue weighted by atomic mass is 10.2. The van der Waals surface area contributed by atoms with Gasteiger partial charge in [0.25, 0.3) is 0 Å². The predicted molar refractivity (Wildman–Crippen MR) is 90.5 cm³/mol. The first-order valence-electron chi connectivity index (χ1n) is 6.95. The summed E-state index contributed by atoms with van der Waals surface area (Å²) in [6, 6.07) is 5.07. The predicted octanol–water partition coefficient (Wildman–Crippen LogP) is 4.42. The number of carbonyl (C=O) groups is 1. The molecule has 1 unspecified atom stereocenters. The van der Waals surface area contributed by atoms with Crippen LogP contribution in [0.15, 0.2) is 18.2 Å². The second-order valence-electron chi connectivity index (χ2n) is 4.97. The summed E-state index contributed by atoms with van der Waals surface area (Å²) in [5.74, 6) is 2.92. The number of thioether (sulfide) groups is 1. The Morgan fingerprint density at radius 3 is 2.95 bits per heavy atom. The van der Waals surface area contributed by atoms with Crippen molar-refractivity contribution in [3.8, 4) is 0 Å². The van der Waals surface area contributed by atoms with Gasteiger partial charge < -0.3 is 11.1 Å². The summed E-state index contributed by atoms with van der Waals surface area (Å²) in [5, 5.41) is 3.37. The minimum Gasteiger partial charge on any atom is -0.397 e. The third-order valence-corrected chi connectivity index (χ3v) is 4.70. The van der Waals surface area contributed by atoms with Crippen LogP contribution in [-0.4, -0.2) is 17.4 Å². The van der Waals surface area contributed by atoms with Gasteiger partial charge in [0, 0.05) is 11.4 Å². The smallest absolute Gasteiger partial charge is 0.224 e. The lowest BCUT2D eigenvalue weighted by Gasteiger charge is -2.09. The van der Waals surface area contributed by atoms with Crippen LogP contribution >= 0.6 is 23.4 Å². The molecule has 0 heterocycles. The molecule has 0 aliphatic rings. The normalized spacial score (nSPS) is 12.2. The quantitative estimate of drug-likeness (QED) is 0.551. The van der Waals surface area contributed by atoms with E-state index in [0.717, 1.165) is 18.1 Å². The molecule has 0 fully saturated rings. The Kier molecular flexibility index (Phi) is 7.85. The minimum atomic E-state index is -0.0110. The maximum atomic E-state index is 11.8. The molecule has 112 valence electrons. The number of nitrogens with two attached hydrogens (primary N) is 1. The maximum Gasteiger partial charge on any atom is 0.224 e. The molecular formula is C15H23ClN2OS. The Balaban J connectivity index is 2.25. The third kappa shape index (κ3) is 6.53. The standard InChI is InChI=1S/C15H23ClN2OS/c1-3-11(2)10-20-8-4-5-15(19)18-14-9-12(16)6-7-13(14)17/h6-7,9,11H,3-5,8,10,17H2,1-2H3,(H,18,19). The van der Waals surface area contributed by atoms with Crippen molar-refractivity contribution < 1.29 is 4.79 Å². The van der Waals surface area contributed by atoms with Crippen LogP contribution in [-0.2, 0) is 4.79 Å². The Bertz CT molecular complexity index is 440. The van der Waals surface area contributed by atoms with E-state index < -0.39 is 0 Å². The van der Waals surface area contributed by atoms with Gasteiger partial charge in [-0.2, -0.15) is 11.8 Å². The van der Waals surface area contributed by atoms with Crippen LogP contribution in [0.3, 0.4) is 0 Å². The molecule has 0 aliphatic carbocycles. The molecule has 1 rings (SSSR count). The van der Waals surface area contributed by atoms with Crippen LogP contribution in [0.2, 0.25) is 5.02 Å². The van der Waals surface area contributed by atoms with Gasteiger partial charge in [0.05, 0.1) is 11.4 Å². The molecule has 3 N–H and O–H groups in total. The molecule has 0 aromatic heterocycles. The van der Waals surface area contributed by atoms with E-state index in [-0.39, 0.29) is 5.91 Å². The Hall–Kier alpha value is -0.870. The fourth-order valence-corrected chi connectivity index (χ4v) is 2.91. The van der Waals surface area contributed by atoms with Crippen LogP contribution in [0.1, 0.15) is 33.1 Å². The second kappa shape index (κ2) is 9.14. The summed E-state index contributed by atoms with van der Waals surface area (Å²) in [4.78, 5) is 11.8. The van der Waals surface area contributed by atoms with E-state index in [1.54, 1.807) is 18.2 Å². The highest BCUT2D eigenvalue weighted by molar-refractivity contribution is 7.99. The van der Waals surface area contributed by atoms with E-state index >= 15 is 0 Å². The Morgan fingerprint density at radius 1 is 1.50 bits per heavy atom. The first-order valence-corrected chi connectivity index (χ1v) is 8.48. The largest absolute Gasteiger partial charge is 0.397 e. The number of hydrogen-bond acceptors (Lipinski definition) is 3. The Morgan fingerprint density at radius 2 is 2.25 bits per heavy atom. The van der Waals surface area contributed by atoms with Crippen molar-refractivity contribution in [3.63, 3.8) is 0 Å². The molecule has 0 aliphatic heterocycles. The highest BCUT2D eigenvalue weighted by Gasteiger charge is 2.06. The molecule has 0 spiro atoms. The summed E-state index contributed by atoms with van der Waals surface area (Å²) in [6.07, 6.45) is 2.61. The molecule has 0 bridgehead atoms. The van der Waals surface area contributed by atoms with Gasteiger partial charge in [-0.1, -0.05) is 31.9 Å². The van der Waals surface area contributed by atoms with E-state index in [2.05, 4.69) is 19.2 Å². The fourth-order valence-electron chi connectivity index (χ4n) is 1.59. The lowest BCUT2D eigenvalue weighted by molar-refractivity contribution is -0.116. The van der Waals surface area contributed by atoms with Gasteiger partial charge in [-0.15, -0.1) is 0 Å². The van der Waals surface area contributed by atoms with Crippen LogP contribution < -0.4 is 11.1 Å². The number of nitrogens with one attached hydrogen (secondary N) is 1. The monoisotopic (exact) mass is 314 g/mol. The summed E-state index contributed by atoms with van der Waals surface area (Å²) in [7, 11) is 0. The maximum absolute atomic E-state index is 11.8. The molecular weight excluding hydrogens is 292 g/mol. The van der Waals surface area contributed by atoms with Gasteiger partial charge in [0.2, 0.25) is 5.91 Å². The van der Waals surface area contributed by atoms with Gasteiger partial charge >= 0.3 is 0 Å². The van der Waals surface area contributed by atoms with Crippen LogP contribution in [0.5, 0.6) is 0 Å². The van der Waals surface area contributed by atoms with Crippen LogP contribution in [0.4, 0.5) is 11.4 Å². The SMILES string of the molecule is CCC(C)CSCCCC(=O)Nc1cc(Cl)ccc1N. The zero-order valence-electron chi connectivity index (χ0n) is 12.1. The van der Waals surface area contributed by atoms with Crippen molar-refractivity contribution in [1.29, 1.82) is 0 Å². The van der Waals surface area contributed by atoms with Crippen molar-refractivity contribution in [1.82, 2.24) is 0 Å². The lowest BCUT2D eigenvalue weighted by Crippen LogP contribution is -2.13. The third-order valence-electron chi connectivity index (χ3n) is 3.08. The molecule has 3 nitrogen and oxygen atoms in total. The first-order chi connectivity index (χ1) is 9.52. The van der Waals surface area contributed by atoms with Crippen molar-refractivity contribution in [2.75, 3.05) is 22.6 Å². The molecule has 1 aromatic rings. The average Bonchev–Trinajstić information content (AvgIpc) is 2.42. The zero-order chi connectivity index (χ0) is 15.0. The number of benzene rings is 1. The van der Waals surface area contributed by atoms with E-state index in [9.17, 15) is 4.79 Å². The molecule has 5 heteroatoms. The molecule has 1 aromatic carbocycles. The van der Waals surface area contributed by atoms with Crippen LogP contribution in [0.25, 0.3) is 0 Å². The number of anilines is 2. The van der Waals surface area contributed by atoms with E-state index in [1.807, 2.05) is 11.8 Å². The number of rotatable bonds is 8. The van der Waals surface area contributed by atoms with Gasteiger partial charge in [-0.05, 0) is 42.0 Å². The average molecular weight is 315 g/mol. The minimum absolute atomic E-state index is 0.0110. The highest BCUT2D eigenvalue weighted by Crippen LogP contribution is 2.23. The molecule has 20 heavy (non-hydrogen) atoms. The van der Waals surface area contributed by atoms with Gasteiger partial charge in [0.15, 0.2) is 0 Å². The molecule has 1 atom stereocenters. The molecule has 0 saturated heterocycles. The number of carbonyl (C=O) groups excluding carboxylic acids is 1. The van der Waals surface area contributed by atoms with E-state index in [4.69, 9.17) is 17.3 Å². The number of nitrogen functional groups attached to an aromatic ring is 1. The molecule has 0 saturated carbocycles. The summed E-state index contributed by atoms with van der Waals surface area (Å²) < 4.78 is 0. The number of hydrogen-bond donors (Lipinski definition) is 2. The van der Waals surface area contributed by atoms with Gasteiger partial charge in [-0.25, -0.2) is 0 Å². The highest BCUT2D eigenvalue weighted by atomic mass is 35.5. The summed E-state index contributed by atoms with van der Waals surface area (Å²) in [5.41, 5.74) is 6.91. The fraction of sp³-hybridized carbons (Fsp3) is 0.533. The number of amides is 1. The van der Waals surface area contributed by atoms with E-state index in [1.165, 1.54) is 12.2 Å². The van der Waals surface area contributed by atoms with Crippen molar-refractivity contribution in [3.05, 3.63) is 23.2 Å². The molecule has 0 radical (unpaired) electrons. The summed E-state index contributed by atoms with van der Waals surface area (Å²) in [6.45, 7) is 4.45. The summed E-state index contributed by atoms with van der Waals surface area (Å²) >= 11 is 7.79. The first kappa shape index (κ1) is 17.2. The van der Waals surface area contributed by atoms with Gasteiger partial charge in [0.1, 0.15) is 0 Å². The number of halogens is 1. The van der Waals surface area contributed by atoms with Crippen molar-refractivity contribution >= 4 is 40.6 Å². The van der Waals surface area contributed by atoms with E-state index in [0.29, 0.717) is 22.8 Å². The van der Waals surface area contributed by atoms with Crippen LogP contribution in [0, 0.1) is 5.92 Å². The topological polar surface area (TPSA) is 55.1 Å².